The number of hydrogen-bond acceptors (Lipinski definition) is 3. The van der Waals surface area contributed by atoms with Crippen LogP contribution in [0.2, 0.25) is 0 Å². The average Bonchev–Trinajstić information content (AvgIpc) is 2.03. The predicted molar refractivity (Wildman–Crippen MR) is 56.7 cm³/mol. The Bertz CT molecular complexity index is 200. The summed E-state index contributed by atoms with van der Waals surface area (Å²) in [5.74, 6) is -0.313. The molecule has 14 heavy (non-hydrogen) atoms. The van der Waals surface area contributed by atoms with E-state index in [9.17, 15) is 4.79 Å². The Morgan fingerprint density at radius 2 is 1.79 bits per heavy atom. The molecule has 0 unspecified atom stereocenters. The smallest absolute Gasteiger partial charge is 0.224 e. The zero-order valence-corrected chi connectivity index (χ0v) is 9.55. The lowest BCUT2D eigenvalue weighted by molar-refractivity contribution is -0.125. The molecule has 4 N–H and O–H groups in total. The molecule has 0 atom stereocenters. The third-order valence-corrected chi connectivity index (χ3v) is 2.27. The third-order valence-electron chi connectivity index (χ3n) is 2.27. The van der Waals surface area contributed by atoms with Crippen molar-refractivity contribution < 1.29 is 9.90 Å². The molecule has 0 heterocycles. The Labute approximate surface area is 85.9 Å². The Balaban J connectivity index is 3.91. The minimum atomic E-state index is -0.536. The quantitative estimate of drug-likeness (QED) is 0.572. The van der Waals surface area contributed by atoms with Crippen molar-refractivity contribution in [2.45, 2.75) is 27.7 Å². The van der Waals surface area contributed by atoms with Crippen LogP contribution in [-0.4, -0.2) is 30.7 Å². The maximum atomic E-state index is 11.0. The van der Waals surface area contributed by atoms with Crippen molar-refractivity contribution in [2.24, 2.45) is 16.6 Å². The first-order valence-electron chi connectivity index (χ1n) is 4.83. The van der Waals surface area contributed by atoms with Gasteiger partial charge in [-0.1, -0.05) is 13.8 Å². The van der Waals surface area contributed by atoms with Gasteiger partial charge in [-0.05, 0) is 13.8 Å². The Morgan fingerprint density at radius 3 is 2.14 bits per heavy atom. The van der Waals surface area contributed by atoms with Crippen molar-refractivity contribution in [2.75, 3.05) is 19.7 Å². The molecule has 0 aromatic heterocycles. The summed E-state index contributed by atoms with van der Waals surface area (Å²) in [6.07, 6.45) is 0. The summed E-state index contributed by atoms with van der Waals surface area (Å²) >= 11 is 0. The number of carbonyl (C=O) groups is 1. The molecular formula is C10H22N2O2. The van der Waals surface area contributed by atoms with Crippen molar-refractivity contribution in [3.8, 4) is 0 Å². The molecule has 0 bridgehead atoms. The van der Waals surface area contributed by atoms with Gasteiger partial charge in [0.05, 0.1) is 5.41 Å². The Kier molecular flexibility index (Phi) is 4.55. The number of hydrogen-bond donors (Lipinski definition) is 3. The van der Waals surface area contributed by atoms with Crippen molar-refractivity contribution in [1.82, 2.24) is 5.32 Å². The summed E-state index contributed by atoms with van der Waals surface area (Å²) in [6.45, 7) is 8.83. The highest BCUT2D eigenvalue weighted by Gasteiger charge is 2.25. The molecule has 0 aliphatic heterocycles. The van der Waals surface area contributed by atoms with E-state index in [1.165, 1.54) is 0 Å². The van der Waals surface area contributed by atoms with Crippen LogP contribution in [-0.2, 0) is 4.79 Å². The molecule has 0 saturated carbocycles. The van der Waals surface area contributed by atoms with Crippen LogP contribution in [0.3, 0.4) is 0 Å². The van der Waals surface area contributed by atoms with E-state index in [2.05, 4.69) is 5.32 Å². The molecule has 84 valence electrons. The van der Waals surface area contributed by atoms with Gasteiger partial charge in [0.2, 0.25) is 5.91 Å². The molecule has 0 aromatic rings. The molecule has 0 radical (unpaired) electrons. The number of aliphatic hydroxyl groups excluding tert-OH is 1. The van der Waals surface area contributed by atoms with E-state index < -0.39 is 5.41 Å². The van der Waals surface area contributed by atoms with E-state index in [1.807, 2.05) is 13.8 Å². The van der Waals surface area contributed by atoms with E-state index in [0.717, 1.165) is 0 Å². The van der Waals surface area contributed by atoms with Gasteiger partial charge in [-0.25, -0.2) is 0 Å². The van der Waals surface area contributed by atoms with E-state index in [1.54, 1.807) is 13.8 Å². The minimum absolute atomic E-state index is 0.122. The summed E-state index contributed by atoms with van der Waals surface area (Å²) in [6, 6.07) is 0. The summed E-state index contributed by atoms with van der Waals surface area (Å²) in [7, 11) is 0. The molecule has 0 saturated heterocycles. The van der Waals surface area contributed by atoms with E-state index in [-0.39, 0.29) is 17.9 Å². The zero-order chi connectivity index (χ0) is 11.4. The molecule has 0 aliphatic carbocycles. The third kappa shape index (κ3) is 4.58. The zero-order valence-electron chi connectivity index (χ0n) is 9.55. The molecule has 0 spiro atoms. The van der Waals surface area contributed by atoms with Gasteiger partial charge in [0.1, 0.15) is 0 Å². The van der Waals surface area contributed by atoms with Crippen LogP contribution < -0.4 is 11.1 Å². The number of nitrogens with two attached hydrogens (primary N) is 1. The fourth-order valence-electron chi connectivity index (χ4n) is 0.856. The van der Waals surface area contributed by atoms with Crippen LogP contribution in [0.5, 0.6) is 0 Å². The normalized spacial score (nSPS) is 12.9. The number of carbonyl (C=O) groups excluding carboxylic acids is 1. The molecular weight excluding hydrogens is 180 g/mol. The van der Waals surface area contributed by atoms with Gasteiger partial charge in [0.15, 0.2) is 0 Å². The van der Waals surface area contributed by atoms with Gasteiger partial charge >= 0.3 is 0 Å². The lowest BCUT2D eigenvalue weighted by Crippen LogP contribution is -2.43. The first kappa shape index (κ1) is 13.4. The van der Waals surface area contributed by atoms with Crippen LogP contribution in [0.25, 0.3) is 0 Å². The van der Waals surface area contributed by atoms with Crippen LogP contribution in [0.1, 0.15) is 27.7 Å². The van der Waals surface area contributed by atoms with E-state index >= 15 is 0 Å². The number of nitrogens with one attached hydrogen (secondary N) is 1. The largest absolute Gasteiger partial charge is 0.396 e. The number of primary amides is 1. The Hall–Kier alpha value is -0.610. The molecule has 4 heteroatoms. The van der Waals surface area contributed by atoms with Crippen molar-refractivity contribution in [3.05, 3.63) is 0 Å². The lowest BCUT2D eigenvalue weighted by Gasteiger charge is -2.26. The maximum Gasteiger partial charge on any atom is 0.224 e. The first-order chi connectivity index (χ1) is 6.21. The Morgan fingerprint density at radius 1 is 1.29 bits per heavy atom. The van der Waals surface area contributed by atoms with Gasteiger partial charge in [0, 0.05) is 25.1 Å². The van der Waals surface area contributed by atoms with Crippen molar-refractivity contribution >= 4 is 5.91 Å². The van der Waals surface area contributed by atoms with Gasteiger partial charge in [-0.3, -0.25) is 4.79 Å². The highest BCUT2D eigenvalue weighted by Crippen LogP contribution is 2.15. The van der Waals surface area contributed by atoms with Crippen molar-refractivity contribution in [3.63, 3.8) is 0 Å². The molecule has 4 nitrogen and oxygen atoms in total. The monoisotopic (exact) mass is 202 g/mol. The molecule has 0 aliphatic rings. The first-order valence-corrected chi connectivity index (χ1v) is 4.83. The predicted octanol–water partition coefficient (Wildman–Crippen LogP) is 0.106. The fourth-order valence-corrected chi connectivity index (χ4v) is 0.856. The number of rotatable bonds is 6. The highest BCUT2D eigenvalue weighted by atomic mass is 16.3. The number of amides is 1. The van der Waals surface area contributed by atoms with Crippen LogP contribution >= 0.6 is 0 Å². The fraction of sp³-hybridized carbons (Fsp3) is 0.900. The molecule has 0 aromatic carbocycles. The van der Waals surface area contributed by atoms with Crippen LogP contribution in [0.4, 0.5) is 0 Å². The van der Waals surface area contributed by atoms with Gasteiger partial charge in [-0.15, -0.1) is 0 Å². The summed E-state index contributed by atoms with van der Waals surface area (Å²) < 4.78 is 0. The summed E-state index contributed by atoms with van der Waals surface area (Å²) in [5.41, 5.74) is 4.53. The number of aliphatic hydroxyl groups is 1. The van der Waals surface area contributed by atoms with Gasteiger partial charge in [-0.2, -0.15) is 0 Å². The SMILES string of the molecule is CC(C)(CO)CNCC(C)(C)C(N)=O. The van der Waals surface area contributed by atoms with E-state index in [4.69, 9.17) is 10.8 Å². The second-order valence-corrected chi connectivity index (χ2v) is 5.17. The lowest BCUT2D eigenvalue weighted by atomic mass is 9.91. The van der Waals surface area contributed by atoms with Gasteiger partial charge in [0.25, 0.3) is 0 Å². The van der Waals surface area contributed by atoms with Crippen LogP contribution in [0.15, 0.2) is 0 Å². The van der Waals surface area contributed by atoms with Crippen LogP contribution in [0, 0.1) is 10.8 Å². The van der Waals surface area contributed by atoms with E-state index in [0.29, 0.717) is 13.1 Å². The summed E-state index contributed by atoms with van der Waals surface area (Å²) in [5, 5.41) is 12.1. The second-order valence-electron chi connectivity index (χ2n) is 5.17. The maximum absolute atomic E-state index is 11.0. The molecule has 0 rings (SSSR count). The standard InChI is InChI=1S/C10H22N2O2/c1-9(2,7-13)5-12-6-10(3,4)8(11)14/h12-13H,5-7H2,1-4H3,(H2,11,14). The molecule has 0 fully saturated rings. The topological polar surface area (TPSA) is 75.3 Å². The highest BCUT2D eigenvalue weighted by molar-refractivity contribution is 5.80. The summed E-state index contributed by atoms with van der Waals surface area (Å²) in [4.78, 5) is 11.0. The van der Waals surface area contributed by atoms with Gasteiger partial charge < -0.3 is 16.2 Å². The molecule has 1 amide bonds. The second kappa shape index (κ2) is 4.75. The average molecular weight is 202 g/mol. The minimum Gasteiger partial charge on any atom is -0.396 e. The van der Waals surface area contributed by atoms with Crippen molar-refractivity contribution in [1.29, 1.82) is 0 Å².